The lowest BCUT2D eigenvalue weighted by Crippen LogP contribution is -2.41. The number of hydrogen-bond acceptors (Lipinski definition) is 5. The summed E-state index contributed by atoms with van der Waals surface area (Å²) in [4.78, 5) is 31.9. The molecule has 2 aliphatic heterocycles. The maximum Gasteiger partial charge on any atom is 0.267 e. The van der Waals surface area contributed by atoms with Gasteiger partial charge in [-0.05, 0) is 37.1 Å². The molecule has 148 valence electrons. The van der Waals surface area contributed by atoms with Crippen LogP contribution in [-0.2, 0) is 24.3 Å². The van der Waals surface area contributed by atoms with E-state index in [2.05, 4.69) is 10.1 Å². The molecule has 2 aliphatic rings. The molecule has 1 unspecified atom stereocenters. The Morgan fingerprint density at radius 1 is 1.24 bits per heavy atom. The molecule has 0 aliphatic carbocycles. The van der Waals surface area contributed by atoms with E-state index in [9.17, 15) is 9.59 Å². The summed E-state index contributed by atoms with van der Waals surface area (Å²) in [5.74, 6) is -0.00216. The van der Waals surface area contributed by atoms with Crippen LogP contribution >= 0.6 is 0 Å². The van der Waals surface area contributed by atoms with E-state index in [0.29, 0.717) is 38.3 Å². The van der Waals surface area contributed by atoms with Crippen molar-refractivity contribution in [3.63, 3.8) is 0 Å². The van der Waals surface area contributed by atoms with Crippen LogP contribution in [0.15, 0.2) is 47.4 Å². The van der Waals surface area contributed by atoms with Gasteiger partial charge in [0.05, 0.1) is 37.0 Å². The van der Waals surface area contributed by atoms with Crippen LogP contribution in [0, 0.1) is 0 Å². The fraction of sp³-hybridized carbons (Fsp3) is 0.364. The number of aromatic nitrogens is 3. The Morgan fingerprint density at radius 3 is 3.10 bits per heavy atom. The minimum absolute atomic E-state index is 0.00216. The van der Waals surface area contributed by atoms with Gasteiger partial charge < -0.3 is 9.64 Å². The SMILES string of the molecule is O=C(c1ccc2ncccc2c1)N1CCCC1Cn1nc2c(cc1=O)COCC2. The number of hydrogen-bond donors (Lipinski definition) is 0. The molecule has 1 fully saturated rings. The third-order valence-electron chi connectivity index (χ3n) is 5.78. The Kier molecular flexibility index (Phi) is 4.60. The number of benzene rings is 1. The highest BCUT2D eigenvalue weighted by atomic mass is 16.5. The van der Waals surface area contributed by atoms with E-state index in [-0.39, 0.29) is 17.5 Å². The Hall–Kier alpha value is -3.06. The summed E-state index contributed by atoms with van der Waals surface area (Å²) in [7, 11) is 0. The molecule has 2 aromatic heterocycles. The third-order valence-corrected chi connectivity index (χ3v) is 5.78. The first-order chi connectivity index (χ1) is 14.2. The number of carbonyl (C=O) groups is 1. The zero-order valence-electron chi connectivity index (χ0n) is 16.1. The predicted octanol–water partition coefficient (Wildman–Crippen LogP) is 2.17. The molecule has 0 bridgehead atoms. The number of rotatable bonds is 3. The van der Waals surface area contributed by atoms with Gasteiger partial charge in [0.2, 0.25) is 0 Å². The van der Waals surface area contributed by atoms with Gasteiger partial charge in [-0.2, -0.15) is 5.10 Å². The molecule has 4 heterocycles. The van der Waals surface area contributed by atoms with E-state index in [0.717, 1.165) is 35.0 Å². The summed E-state index contributed by atoms with van der Waals surface area (Å²) in [6.07, 6.45) is 4.26. The zero-order valence-corrected chi connectivity index (χ0v) is 16.1. The van der Waals surface area contributed by atoms with Gasteiger partial charge in [0.25, 0.3) is 11.5 Å². The first-order valence-electron chi connectivity index (χ1n) is 10.0. The van der Waals surface area contributed by atoms with Crippen LogP contribution in [0.3, 0.4) is 0 Å². The molecule has 5 rings (SSSR count). The molecule has 1 amide bonds. The van der Waals surface area contributed by atoms with Gasteiger partial charge in [0, 0.05) is 41.7 Å². The van der Waals surface area contributed by atoms with Crippen molar-refractivity contribution in [3.05, 3.63) is 69.8 Å². The fourth-order valence-electron chi connectivity index (χ4n) is 4.25. The number of likely N-dealkylation sites (tertiary alicyclic amines) is 1. The van der Waals surface area contributed by atoms with E-state index in [4.69, 9.17) is 4.74 Å². The first kappa shape index (κ1) is 18.0. The zero-order chi connectivity index (χ0) is 19.8. The topological polar surface area (TPSA) is 77.3 Å². The molecule has 0 radical (unpaired) electrons. The van der Waals surface area contributed by atoms with Crippen LogP contribution in [0.2, 0.25) is 0 Å². The Balaban J connectivity index is 1.39. The number of pyridine rings is 1. The van der Waals surface area contributed by atoms with Gasteiger partial charge in [-0.1, -0.05) is 6.07 Å². The van der Waals surface area contributed by atoms with Gasteiger partial charge in [-0.15, -0.1) is 0 Å². The minimum Gasteiger partial charge on any atom is -0.376 e. The van der Waals surface area contributed by atoms with Crippen molar-refractivity contribution in [1.29, 1.82) is 0 Å². The second-order valence-electron chi connectivity index (χ2n) is 7.64. The molecule has 1 atom stereocenters. The molecule has 1 aromatic carbocycles. The van der Waals surface area contributed by atoms with E-state index in [1.807, 2.05) is 35.2 Å². The monoisotopic (exact) mass is 390 g/mol. The Morgan fingerprint density at radius 2 is 2.17 bits per heavy atom. The summed E-state index contributed by atoms with van der Waals surface area (Å²) in [6.45, 7) is 2.20. The van der Waals surface area contributed by atoms with Crippen LogP contribution < -0.4 is 5.56 Å². The summed E-state index contributed by atoms with van der Waals surface area (Å²) >= 11 is 0. The molecule has 7 nitrogen and oxygen atoms in total. The molecule has 1 saturated heterocycles. The Bertz CT molecular complexity index is 1140. The highest BCUT2D eigenvalue weighted by Gasteiger charge is 2.30. The maximum atomic E-state index is 13.2. The molecule has 7 heteroatoms. The van der Waals surface area contributed by atoms with Gasteiger partial charge in [-0.25, -0.2) is 4.68 Å². The summed E-state index contributed by atoms with van der Waals surface area (Å²) in [5, 5.41) is 5.51. The number of ether oxygens (including phenoxy) is 1. The van der Waals surface area contributed by atoms with Crippen molar-refractivity contribution in [2.24, 2.45) is 0 Å². The van der Waals surface area contributed by atoms with Crippen LogP contribution in [0.1, 0.15) is 34.5 Å². The fourth-order valence-corrected chi connectivity index (χ4v) is 4.25. The van der Waals surface area contributed by atoms with Gasteiger partial charge in [-0.3, -0.25) is 14.6 Å². The van der Waals surface area contributed by atoms with Crippen molar-refractivity contribution < 1.29 is 9.53 Å². The lowest BCUT2D eigenvalue weighted by atomic mass is 10.1. The van der Waals surface area contributed by atoms with Crippen molar-refractivity contribution in [1.82, 2.24) is 19.7 Å². The molecular formula is C22H22N4O3. The minimum atomic E-state index is -0.134. The summed E-state index contributed by atoms with van der Waals surface area (Å²) < 4.78 is 6.93. The van der Waals surface area contributed by atoms with Crippen LogP contribution in [-0.4, -0.2) is 44.8 Å². The molecular weight excluding hydrogens is 368 g/mol. The van der Waals surface area contributed by atoms with Crippen molar-refractivity contribution in [3.8, 4) is 0 Å². The van der Waals surface area contributed by atoms with E-state index >= 15 is 0 Å². The first-order valence-corrected chi connectivity index (χ1v) is 10.0. The van der Waals surface area contributed by atoms with E-state index in [1.54, 1.807) is 12.3 Å². The van der Waals surface area contributed by atoms with E-state index in [1.165, 1.54) is 4.68 Å². The number of fused-ring (bicyclic) bond motifs is 2. The molecule has 3 aromatic rings. The van der Waals surface area contributed by atoms with Gasteiger partial charge >= 0.3 is 0 Å². The summed E-state index contributed by atoms with van der Waals surface area (Å²) in [5.41, 5.74) is 3.19. The standard InChI is InChI=1S/C22H22N4O3/c27-21-12-17-14-29-10-7-20(17)24-26(21)13-18-4-2-9-25(18)22(28)16-5-6-19-15(11-16)3-1-8-23-19/h1,3,5-6,8,11-12,18H,2,4,7,9-10,13-14H2. The van der Waals surface area contributed by atoms with E-state index < -0.39 is 0 Å². The second kappa shape index (κ2) is 7.40. The largest absolute Gasteiger partial charge is 0.376 e. The average molecular weight is 390 g/mol. The van der Waals surface area contributed by atoms with Gasteiger partial charge in [0.15, 0.2) is 0 Å². The van der Waals surface area contributed by atoms with Crippen molar-refractivity contribution >= 4 is 16.8 Å². The molecule has 0 saturated carbocycles. The second-order valence-corrected chi connectivity index (χ2v) is 7.64. The van der Waals surface area contributed by atoms with Gasteiger partial charge in [0.1, 0.15) is 0 Å². The third kappa shape index (κ3) is 3.42. The predicted molar refractivity (Wildman–Crippen MR) is 108 cm³/mol. The lowest BCUT2D eigenvalue weighted by molar-refractivity contribution is 0.0719. The average Bonchev–Trinajstić information content (AvgIpc) is 3.21. The molecule has 0 spiro atoms. The smallest absolute Gasteiger partial charge is 0.267 e. The number of nitrogens with zero attached hydrogens (tertiary/aromatic N) is 4. The molecule has 0 N–H and O–H groups in total. The van der Waals surface area contributed by atoms with Crippen molar-refractivity contribution in [2.45, 2.75) is 38.5 Å². The highest BCUT2D eigenvalue weighted by molar-refractivity contribution is 5.98. The van der Waals surface area contributed by atoms with Crippen molar-refractivity contribution in [2.75, 3.05) is 13.2 Å². The molecule has 29 heavy (non-hydrogen) atoms. The lowest BCUT2D eigenvalue weighted by Gasteiger charge is -2.26. The van der Waals surface area contributed by atoms with Crippen LogP contribution in [0.4, 0.5) is 0 Å². The van der Waals surface area contributed by atoms with Crippen LogP contribution in [0.25, 0.3) is 10.9 Å². The maximum absolute atomic E-state index is 13.2. The quantitative estimate of drug-likeness (QED) is 0.685. The number of carbonyl (C=O) groups excluding carboxylic acids is 1. The van der Waals surface area contributed by atoms with Crippen LogP contribution in [0.5, 0.6) is 0 Å². The Labute approximate surface area is 167 Å². The summed E-state index contributed by atoms with van der Waals surface area (Å²) in [6, 6.07) is 11.0. The highest BCUT2D eigenvalue weighted by Crippen LogP contribution is 2.23. The normalized spacial score (nSPS) is 18.8. The number of amides is 1.